The second kappa shape index (κ2) is 7.24. The van der Waals surface area contributed by atoms with Crippen LogP contribution in [0.3, 0.4) is 0 Å². The predicted molar refractivity (Wildman–Crippen MR) is 64.0 cm³/mol. The van der Waals surface area contributed by atoms with E-state index in [9.17, 15) is 4.79 Å². The molecule has 0 radical (unpaired) electrons. The zero-order chi connectivity index (χ0) is 11.3. The number of carbonyl (C=O) groups is 1. The Morgan fingerprint density at radius 1 is 1.62 bits per heavy atom. The molecule has 92 valence electrons. The summed E-state index contributed by atoms with van der Waals surface area (Å²) in [6, 6.07) is -0.546. The lowest BCUT2D eigenvalue weighted by atomic mass is 10.1. The minimum absolute atomic E-state index is 0. The first-order chi connectivity index (χ1) is 7.17. The van der Waals surface area contributed by atoms with E-state index in [0.717, 1.165) is 12.2 Å². The van der Waals surface area contributed by atoms with Crippen molar-refractivity contribution in [1.82, 2.24) is 14.9 Å². The molecular weight excluding hydrogens is 230 g/mol. The lowest BCUT2D eigenvalue weighted by molar-refractivity contribution is -0.139. The molecule has 0 aromatic carbocycles. The summed E-state index contributed by atoms with van der Waals surface area (Å²) >= 11 is 0. The Morgan fingerprint density at radius 2 is 2.31 bits per heavy atom. The molecule has 0 spiro atoms. The number of rotatable bonds is 6. The summed E-state index contributed by atoms with van der Waals surface area (Å²) < 4.78 is 1.93. The van der Waals surface area contributed by atoms with Gasteiger partial charge in [0.05, 0.1) is 12.0 Å². The molecule has 2 N–H and O–H groups in total. The van der Waals surface area contributed by atoms with E-state index in [1.807, 2.05) is 24.6 Å². The molecule has 0 bridgehead atoms. The number of likely N-dealkylation sites (N-methyl/N-ethyl adjacent to an activating group) is 1. The fourth-order valence-electron chi connectivity index (χ4n) is 1.39. The van der Waals surface area contributed by atoms with Crippen molar-refractivity contribution in [2.45, 2.75) is 32.9 Å². The molecule has 0 aliphatic carbocycles. The van der Waals surface area contributed by atoms with Gasteiger partial charge in [0.2, 0.25) is 0 Å². The van der Waals surface area contributed by atoms with Crippen LogP contribution in [0.2, 0.25) is 0 Å². The highest BCUT2D eigenvalue weighted by Gasteiger charge is 2.17. The zero-order valence-corrected chi connectivity index (χ0v) is 10.3. The van der Waals surface area contributed by atoms with Crippen molar-refractivity contribution in [3.05, 3.63) is 18.2 Å². The van der Waals surface area contributed by atoms with E-state index in [-0.39, 0.29) is 12.4 Å². The second-order valence-electron chi connectivity index (χ2n) is 3.35. The number of carboxylic acid groups (broad SMARTS) is 1. The molecule has 6 heteroatoms. The van der Waals surface area contributed by atoms with Gasteiger partial charge in [-0.15, -0.1) is 12.4 Å². The van der Waals surface area contributed by atoms with Gasteiger partial charge in [0.1, 0.15) is 6.04 Å². The highest BCUT2D eigenvalue weighted by molar-refractivity contribution is 5.85. The summed E-state index contributed by atoms with van der Waals surface area (Å²) in [7, 11) is 0. The van der Waals surface area contributed by atoms with Crippen LogP contribution in [-0.2, 0) is 17.8 Å². The Labute approximate surface area is 101 Å². The third-order valence-corrected chi connectivity index (χ3v) is 2.21. The Kier molecular flexibility index (Phi) is 6.76. The number of aromatic nitrogens is 2. The normalized spacial score (nSPS) is 11.9. The van der Waals surface area contributed by atoms with Crippen LogP contribution in [0.25, 0.3) is 0 Å². The highest BCUT2D eigenvalue weighted by atomic mass is 35.5. The fraction of sp³-hybridized carbons (Fsp3) is 0.600. The van der Waals surface area contributed by atoms with E-state index in [2.05, 4.69) is 10.3 Å². The Hall–Kier alpha value is -1.07. The minimum Gasteiger partial charge on any atom is -0.480 e. The monoisotopic (exact) mass is 247 g/mol. The van der Waals surface area contributed by atoms with Crippen LogP contribution >= 0.6 is 12.4 Å². The molecule has 1 heterocycles. The maximum atomic E-state index is 10.9. The van der Waals surface area contributed by atoms with E-state index in [1.165, 1.54) is 0 Å². The molecule has 1 atom stereocenters. The summed E-state index contributed by atoms with van der Waals surface area (Å²) in [6.45, 7) is 5.41. The Morgan fingerprint density at radius 3 is 2.75 bits per heavy atom. The predicted octanol–water partition coefficient (Wildman–Crippen LogP) is 0.930. The minimum atomic E-state index is -0.831. The number of halogens is 1. The molecule has 0 saturated carbocycles. The van der Waals surface area contributed by atoms with E-state index in [0.29, 0.717) is 13.0 Å². The maximum absolute atomic E-state index is 10.9. The van der Waals surface area contributed by atoms with Gasteiger partial charge in [-0.25, -0.2) is 4.98 Å². The van der Waals surface area contributed by atoms with Gasteiger partial charge in [0.15, 0.2) is 0 Å². The van der Waals surface area contributed by atoms with E-state index in [1.54, 1.807) is 6.33 Å². The lowest BCUT2D eigenvalue weighted by Gasteiger charge is -2.10. The Bertz CT molecular complexity index is 328. The van der Waals surface area contributed by atoms with Gasteiger partial charge in [0, 0.05) is 19.2 Å². The van der Waals surface area contributed by atoms with Crippen LogP contribution in [-0.4, -0.2) is 33.2 Å². The number of carboxylic acids is 1. The molecule has 0 amide bonds. The molecule has 1 rings (SSSR count). The zero-order valence-electron chi connectivity index (χ0n) is 9.51. The van der Waals surface area contributed by atoms with Crippen LogP contribution in [0, 0.1) is 0 Å². The number of hydrogen-bond donors (Lipinski definition) is 2. The summed E-state index contributed by atoms with van der Waals surface area (Å²) in [5, 5.41) is 11.8. The maximum Gasteiger partial charge on any atom is 0.321 e. The molecule has 1 aromatic heterocycles. The molecule has 5 nitrogen and oxygen atoms in total. The highest BCUT2D eigenvalue weighted by Crippen LogP contribution is 2.01. The summed E-state index contributed by atoms with van der Waals surface area (Å²) in [5.41, 5.74) is 0.810. The molecule has 0 unspecified atom stereocenters. The fourth-order valence-corrected chi connectivity index (χ4v) is 1.39. The summed E-state index contributed by atoms with van der Waals surface area (Å²) in [6.07, 6.45) is 4.03. The molecule has 0 aliphatic heterocycles. The lowest BCUT2D eigenvalue weighted by Crippen LogP contribution is -2.38. The first kappa shape index (κ1) is 14.9. The first-order valence-electron chi connectivity index (χ1n) is 5.14. The van der Waals surface area contributed by atoms with Gasteiger partial charge in [-0.3, -0.25) is 4.79 Å². The van der Waals surface area contributed by atoms with Gasteiger partial charge in [-0.05, 0) is 13.5 Å². The van der Waals surface area contributed by atoms with E-state index < -0.39 is 12.0 Å². The smallest absolute Gasteiger partial charge is 0.321 e. The number of imidazole rings is 1. The third-order valence-electron chi connectivity index (χ3n) is 2.21. The van der Waals surface area contributed by atoms with Gasteiger partial charge in [-0.2, -0.15) is 0 Å². The number of hydrogen-bond acceptors (Lipinski definition) is 3. The van der Waals surface area contributed by atoms with Crippen LogP contribution in [0.4, 0.5) is 0 Å². The average Bonchev–Trinajstić information content (AvgIpc) is 2.65. The SMILES string of the molecule is CCN[C@@H](Cc1cn(CC)cn1)C(=O)O.Cl. The quantitative estimate of drug-likeness (QED) is 0.785. The van der Waals surface area contributed by atoms with Crippen molar-refractivity contribution < 1.29 is 9.90 Å². The third kappa shape index (κ3) is 4.20. The van der Waals surface area contributed by atoms with Gasteiger partial charge < -0.3 is 15.0 Å². The average molecular weight is 248 g/mol. The standard InChI is InChI=1S/C10H17N3O2.ClH/c1-3-11-9(10(14)15)5-8-6-13(4-2)7-12-8;/h6-7,9,11H,3-5H2,1-2H3,(H,14,15);1H/t9-;/m0./s1. The summed E-state index contributed by atoms with van der Waals surface area (Å²) in [5.74, 6) is -0.831. The Balaban J connectivity index is 0.00000225. The van der Waals surface area contributed by atoms with E-state index >= 15 is 0 Å². The number of aryl methyl sites for hydroxylation is 1. The molecule has 0 saturated heterocycles. The molecular formula is C10H18ClN3O2. The second-order valence-corrected chi connectivity index (χ2v) is 3.35. The van der Waals surface area contributed by atoms with Crippen molar-refractivity contribution in [2.75, 3.05) is 6.54 Å². The number of nitrogens with zero attached hydrogens (tertiary/aromatic N) is 2. The van der Waals surface area contributed by atoms with Crippen LogP contribution in [0.1, 0.15) is 19.5 Å². The van der Waals surface area contributed by atoms with Crippen molar-refractivity contribution in [3.63, 3.8) is 0 Å². The topological polar surface area (TPSA) is 67.2 Å². The van der Waals surface area contributed by atoms with Crippen molar-refractivity contribution >= 4 is 18.4 Å². The molecule has 0 aliphatic rings. The largest absolute Gasteiger partial charge is 0.480 e. The first-order valence-corrected chi connectivity index (χ1v) is 5.14. The van der Waals surface area contributed by atoms with Crippen LogP contribution < -0.4 is 5.32 Å². The van der Waals surface area contributed by atoms with Gasteiger partial charge >= 0.3 is 5.97 Å². The molecule has 16 heavy (non-hydrogen) atoms. The van der Waals surface area contributed by atoms with Crippen molar-refractivity contribution in [3.8, 4) is 0 Å². The van der Waals surface area contributed by atoms with Gasteiger partial charge in [0.25, 0.3) is 0 Å². The molecule has 1 aromatic rings. The molecule has 0 fully saturated rings. The van der Waals surface area contributed by atoms with E-state index in [4.69, 9.17) is 5.11 Å². The number of aliphatic carboxylic acids is 1. The van der Waals surface area contributed by atoms with Crippen LogP contribution in [0.15, 0.2) is 12.5 Å². The summed E-state index contributed by atoms with van der Waals surface area (Å²) in [4.78, 5) is 15.0. The van der Waals surface area contributed by atoms with Crippen molar-refractivity contribution in [1.29, 1.82) is 0 Å². The van der Waals surface area contributed by atoms with Crippen molar-refractivity contribution in [2.24, 2.45) is 0 Å². The van der Waals surface area contributed by atoms with Gasteiger partial charge in [-0.1, -0.05) is 6.92 Å². The van der Waals surface area contributed by atoms with Crippen LogP contribution in [0.5, 0.6) is 0 Å². The number of nitrogens with one attached hydrogen (secondary N) is 1.